The molecule has 6 heteroatoms. The van der Waals surface area contributed by atoms with Gasteiger partial charge in [0, 0.05) is 19.4 Å². The molecule has 0 bridgehead atoms. The number of halogens is 1. The Morgan fingerprint density at radius 1 is 1.43 bits per heavy atom. The number of anilines is 1. The third kappa shape index (κ3) is 6.33. The molecule has 0 heterocycles. The number of hydrogen-bond donors (Lipinski definition) is 2. The third-order valence-electron chi connectivity index (χ3n) is 2.86. The van der Waals surface area contributed by atoms with Gasteiger partial charge in [0.2, 0.25) is 5.91 Å². The van der Waals surface area contributed by atoms with E-state index in [1.165, 1.54) is 0 Å². The fourth-order valence-electron chi connectivity index (χ4n) is 1.72. The fourth-order valence-corrected chi connectivity index (χ4v) is 1.96. The maximum Gasteiger partial charge on any atom is 0.241 e. The quantitative estimate of drug-likeness (QED) is 0.687. The van der Waals surface area contributed by atoms with Crippen LogP contribution in [0.4, 0.5) is 5.69 Å². The van der Waals surface area contributed by atoms with Gasteiger partial charge in [-0.05, 0) is 37.5 Å². The van der Waals surface area contributed by atoms with Crippen molar-refractivity contribution >= 4 is 23.2 Å². The number of carbonyl (C=O) groups excluding carboxylic acids is 1. The van der Waals surface area contributed by atoms with E-state index in [4.69, 9.17) is 26.8 Å². The molecule has 3 N–H and O–H groups in total. The molecule has 1 rings (SSSR count). The van der Waals surface area contributed by atoms with Gasteiger partial charge in [-0.3, -0.25) is 4.79 Å². The Hall–Kier alpha value is -1.30. The predicted molar refractivity (Wildman–Crippen MR) is 85.0 cm³/mol. The molecule has 0 radical (unpaired) electrons. The highest BCUT2D eigenvalue weighted by Crippen LogP contribution is 2.27. The van der Waals surface area contributed by atoms with Crippen molar-refractivity contribution in [2.24, 2.45) is 5.73 Å². The van der Waals surface area contributed by atoms with Gasteiger partial charge in [0.25, 0.3) is 0 Å². The summed E-state index contributed by atoms with van der Waals surface area (Å²) in [6.45, 7) is 3.22. The van der Waals surface area contributed by atoms with Crippen molar-refractivity contribution in [2.75, 3.05) is 25.6 Å². The van der Waals surface area contributed by atoms with E-state index in [9.17, 15) is 4.79 Å². The zero-order chi connectivity index (χ0) is 15.7. The Balaban J connectivity index is 2.54. The Morgan fingerprint density at radius 2 is 2.19 bits per heavy atom. The summed E-state index contributed by atoms with van der Waals surface area (Å²) in [4.78, 5) is 11.9. The number of amides is 1. The van der Waals surface area contributed by atoms with Crippen LogP contribution in [0.2, 0.25) is 5.02 Å². The molecule has 0 saturated heterocycles. The lowest BCUT2D eigenvalue weighted by molar-refractivity contribution is -0.117. The molecule has 1 amide bonds. The smallest absolute Gasteiger partial charge is 0.241 e. The molecule has 0 fully saturated rings. The fraction of sp³-hybridized carbons (Fsp3) is 0.533. The molecule has 0 aliphatic heterocycles. The van der Waals surface area contributed by atoms with Gasteiger partial charge in [-0.1, -0.05) is 18.5 Å². The van der Waals surface area contributed by atoms with E-state index in [0.29, 0.717) is 36.1 Å². The summed E-state index contributed by atoms with van der Waals surface area (Å²) in [5.41, 5.74) is 6.42. The standard InChI is InChI=1S/C15H23ClN2O3/c1-3-8-21-14-7-6-11(10-12(14)16)18-15(19)13(17)5-4-9-20-2/h6-7,10,13H,3-5,8-9,17H2,1-2H3,(H,18,19). The summed E-state index contributed by atoms with van der Waals surface area (Å²) in [5.74, 6) is 0.380. The van der Waals surface area contributed by atoms with E-state index in [-0.39, 0.29) is 5.91 Å². The number of benzene rings is 1. The molecule has 1 aromatic carbocycles. The first kappa shape index (κ1) is 17.8. The van der Waals surface area contributed by atoms with Crippen LogP contribution >= 0.6 is 11.6 Å². The summed E-state index contributed by atoms with van der Waals surface area (Å²) < 4.78 is 10.4. The average molecular weight is 315 g/mol. The molecule has 118 valence electrons. The first-order valence-corrected chi connectivity index (χ1v) is 7.44. The highest BCUT2D eigenvalue weighted by molar-refractivity contribution is 6.32. The SMILES string of the molecule is CCCOc1ccc(NC(=O)C(N)CCCOC)cc1Cl. The van der Waals surface area contributed by atoms with Gasteiger partial charge in [-0.25, -0.2) is 0 Å². The highest BCUT2D eigenvalue weighted by Gasteiger charge is 2.14. The first-order valence-electron chi connectivity index (χ1n) is 7.06. The Kier molecular flexibility index (Phi) is 8.12. The normalized spacial score (nSPS) is 12.0. The molecular formula is C15H23ClN2O3. The van der Waals surface area contributed by atoms with Crippen LogP contribution in [0, 0.1) is 0 Å². The number of carbonyl (C=O) groups is 1. The van der Waals surface area contributed by atoms with Crippen LogP contribution in [0.5, 0.6) is 5.75 Å². The van der Waals surface area contributed by atoms with Crippen molar-refractivity contribution in [3.8, 4) is 5.75 Å². The van der Waals surface area contributed by atoms with Gasteiger partial charge in [0.1, 0.15) is 5.75 Å². The topological polar surface area (TPSA) is 73.6 Å². The Bertz CT molecular complexity index is 455. The summed E-state index contributed by atoms with van der Waals surface area (Å²) in [6, 6.07) is 4.59. The van der Waals surface area contributed by atoms with E-state index in [2.05, 4.69) is 5.32 Å². The molecule has 1 unspecified atom stereocenters. The summed E-state index contributed by atoms with van der Waals surface area (Å²) in [6.07, 6.45) is 2.23. The monoisotopic (exact) mass is 314 g/mol. The number of nitrogens with one attached hydrogen (secondary N) is 1. The van der Waals surface area contributed by atoms with E-state index < -0.39 is 6.04 Å². The van der Waals surface area contributed by atoms with Crippen molar-refractivity contribution < 1.29 is 14.3 Å². The van der Waals surface area contributed by atoms with Gasteiger partial charge < -0.3 is 20.5 Å². The lowest BCUT2D eigenvalue weighted by Crippen LogP contribution is -2.35. The first-order chi connectivity index (χ1) is 10.1. The Labute approximate surface area is 130 Å². The lowest BCUT2D eigenvalue weighted by atomic mass is 10.1. The maximum absolute atomic E-state index is 11.9. The average Bonchev–Trinajstić information content (AvgIpc) is 2.46. The molecule has 0 aliphatic rings. The van der Waals surface area contributed by atoms with Crippen molar-refractivity contribution in [1.29, 1.82) is 0 Å². The molecule has 5 nitrogen and oxygen atoms in total. The molecule has 0 saturated carbocycles. The third-order valence-corrected chi connectivity index (χ3v) is 3.16. The summed E-state index contributed by atoms with van der Waals surface area (Å²) in [7, 11) is 1.62. The van der Waals surface area contributed by atoms with Crippen LogP contribution in [0.3, 0.4) is 0 Å². The molecule has 0 spiro atoms. The second kappa shape index (κ2) is 9.60. The number of methoxy groups -OCH3 is 1. The molecule has 1 atom stereocenters. The predicted octanol–water partition coefficient (Wildman–Crippen LogP) is 2.82. The van der Waals surface area contributed by atoms with Crippen molar-refractivity contribution in [2.45, 2.75) is 32.2 Å². The van der Waals surface area contributed by atoms with Crippen LogP contribution in [0.1, 0.15) is 26.2 Å². The number of rotatable bonds is 9. The molecular weight excluding hydrogens is 292 g/mol. The van der Waals surface area contributed by atoms with Crippen LogP contribution in [-0.2, 0) is 9.53 Å². The van der Waals surface area contributed by atoms with Gasteiger partial charge in [0.05, 0.1) is 17.7 Å². The van der Waals surface area contributed by atoms with Crippen LogP contribution in [0.15, 0.2) is 18.2 Å². The molecule has 0 aliphatic carbocycles. The minimum absolute atomic E-state index is 0.232. The van der Waals surface area contributed by atoms with Crippen LogP contribution < -0.4 is 15.8 Å². The second-order valence-electron chi connectivity index (χ2n) is 4.72. The summed E-state index contributed by atoms with van der Waals surface area (Å²) in [5, 5.41) is 3.21. The van der Waals surface area contributed by atoms with Crippen LogP contribution in [-0.4, -0.2) is 32.3 Å². The van der Waals surface area contributed by atoms with E-state index in [1.54, 1.807) is 25.3 Å². The molecule has 0 aromatic heterocycles. The van der Waals surface area contributed by atoms with E-state index >= 15 is 0 Å². The minimum atomic E-state index is -0.560. The van der Waals surface area contributed by atoms with Gasteiger partial charge in [0.15, 0.2) is 0 Å². The minimum Gasteiger partial charge on any atom is -0.492 e. The van der Waals surface area contributed by atoms with E-state index in [0.717, 1.165) is 12.8 Å². The van der Waals surface area contributed by atoms with Crippen molar-refractivity contribution in [1.82, 2.24) is 0 Å². The number of hydrogen-bond acceptors (Lipinski definition) is 4. The van der Waals surface area contributed by atoms with Crippen LogP contribution in [0.25, 0.3) is 0 Å². The number of ether oxygens (including phenoxy) is 2. The molecule has 21 heavy (non-hydrogen) atoms. The lowest BCUT2D eigenvalue weighted by Gasteiger charge is -2.13. The van der Waals surface area contributed by atoms with Gasteiger partial charge in [-0.15, -0.1) is 0 Å². The van der Waals surface area contributed by atoms with E-state index in [1.807, 2.05) is 6.92 Å². The van der Waals surface area contributed by atoms with Gasteiger partial charge >= 0.3 is 0 Å². The van der Waals surface area contributed by atoms with Gasteiger partial charge in [-0.2, -0.15) is 0 Å². The summed E-state index contributed by atoms with van der Waals surface area (Å²) >= 11 is 6.11. The Morgan fingerprint density at radius 3 is 2.81 bits per heavy atom. The highest BCUT2D eigenvalue weighted by atomic mass is 35.5. The zero-order valence-corrected chi connectivity index (χ0v) is 13.3. The molecule has 1 aromatic rings. The maximum atomic E-state index is 11.9. The zero-order valence-electron chi connectivity index (χ0n) is 12.5. The number of nitrogens with two attached hydrogens (primary N) is 1. The van der Waals surface area contributed by atoms with Crippen molar-refractivity contribution in [3.05, 3.63) is 23.2 Å². The largest absolute Gasteiger partial charge is 0.492 e. The second-order valence-corrected chi connectivity index (χ2v) is 5.13. The van der Waals surface area contributed by atoms with Crippen molar-refractivity contribution in [3.63, 3.8) is 0 Å².